The lowest BCUT2D eigenvalue weighted by Gasteiger charge is -2.32. The van der Waals surface area contributed by atoms with Gasteiger partial charge in [-0.25, -0.2) is 9.38 Å². The molecule has 0 aliphatic carbocycles. The van der Waals surface area contributed by atoms with Crippen LogP contribution in [0.5, 0.6) is 5.75 Å². The molecule has 0 bridgehead atoms. The summed E-state index contributed by atoms with van der Waals surface area (Å²) in [6.07, 6.45) is 2.03. The average Bonchev–Trinajstić information content (AvgIpc) is 2.66. The number of methoxy groups -OCH3 is 1. The van der Waals surface area contributed by atoms with Gasteiger partial charge in [-0.05, 0) is 38.8 Å². The number of likely N-dealkylation sites (tertiary alicyclic amines) is 1. The molecular weight excluding hydrogens is 474 g/mol. The smallest absolute Gasteiger partial charge is 0.191 e. The Kier molecular flexibility index (Phi) is 12.4. The lowest BCUT2D eigenvalue weighted by Crippen LogP contribution is -2.49. The van der Waals surface area contributed by atoms with E-state index in [2.05, 4.69) is 27.4 Å². The third kappa shape index (κ3) is 9.38. The summed E-state index contributed by atoms with van der Waals surface area (Å²) in [5.74, 6) is 1.04. The summed E-state index contributed by atoms with van der Waals surface area (Å²) >= 11 is 0. The van der Waals surface area contributed by atoms with Gasteiger partial charge in [0.05, 0.1) is 13.2 Å². The number of guanidine groups is 1. The Hall–Kier alpha value is -1.13. The van der Waals surface area contributed by atoms with Gasteiger partial charge in [0, 0.05) is 45.4 Å². The maximum Gasteiger partial charge on any atom is 0.191 e. The van der Waals surface area contributed by atoms with Gasteiger partial charge in [-0.3, -0.25) is 0 Å². The van der Waals surface area contributed by atoms with E-state index in [1.165, 1.54) is 12.1 Å². The highest BCUT2D eigenvalue weighted by Gasteiger charge is 2.19. The molecular formula is C20H34FIN4O2. The molecule has 1 fully saturated rings. The van der Waals surface area contributed by atoms with Gasteiger partial charge in [-0.15, -0.1) is 24.0 Å². The summed E-state index contributed by atoms with van der Waals surface area (Å²) in [5, 5.41) is 6.82. The molecule has 0 spiro atoms. The standard InChI is InChI=1S/C20H33FN4O2.HI/c1-4-22-20(24-18-8-10-25(11-9-18)12-13-26-3)23-15-16(2)27-19-7-5-6-17(21)14-19;/h5-7,14,16,18H,4,8-13,15H2,1-3H3,(H2,22,23,24);1H. The Bertz CT molecular complexity index is 583. The molecule has 1 aromatic rings. The zero-order valence-corrected chi connectivity index (χ0v) is 19.4. The van der Waals surface area contributed by atoms with Crippen molar-refractivity contribution < 1.29 is 13.9 Å². The van der Waals surface area contributed by atoms with Crippen LogP contribution in [0.4, 0.5) is 4.39 Å². The molecule has 2 N–H and O–H groups in total. The summed E-state index contributed by atoms with van der Waals surface area (Å²) in [7, 11) is 1.74. The van der Waals surface area contributed by atoms with Crippen molar-refractivity contribution in [1.29, 1.82) is 0 Å². The topological polar surface area (TPSA) is 58.1 Å². The number of hydrogen-bond acceptors (Lipinski definition) is 4. The minimum absolute atomic E-state index is 0. The monoisotopic (exact) mass is 508 g/mol. The second-order valence-electron chi connectivity index (χ2n) is 6.86. The largest absolute Gasteiger partial charge is 0.489 e. The van der Waals surface area contributed by atoms with Gasteiger partial charge in [-0.1, -0.05) is 6.07 Å². The van der Waals surface area contributed by atoms with Gasteiger partial charge in [0.1, 0.15) is 17.7 Å². The third-order valence-corrected chi connectivity index (χ3v) is 4.52. The number of aliphatic imine (C=N–C) groups is 1. The van der Waals surface area contributed by atoms with Crippen molar-refractivity contribution in [1.82, 2.24) is 15.5 Å². The van der Waals surface area contributed by atoms with Crippen LogP contribution in [0.15, 0.2) is 29.3 Å². The fourth-order valence-corrected chi connectivity index (χ4v) is 3.06. The van der Waals surface area contributed by atoms with Crippen molar-refractivity contribution in [2.75, 3.05) is 46.4 Å². The number of benzene rings is 1. The first-order chi connectivity index (χ1) is 13.1. The van der Waals surface area contributed by atoms with Crippen LogP contribution in [0.2, 0.25) is 0 Å². The summed E-state index contributed by atoms with van der Waals surface area (Å²) < 4.78 is 24.1. The Labute approximate surface area is 185 Å². The summed E-state index contributed by atoms with van der Waals surface area (Å²) in [4.78, 5) is 7.07. The van der Waals surface area contributed by atoms with Crippen LogP contribution >= 0.6 is 24.0 Å². The maximum atomic E-state index is 13.3. The average molecular weight is 508 g/mol. The Morgan fingerprint density at radius 2 is 2.11 bits per heavy atom. The second kappa shape index (κ2) is 13.9. The van der Waals surface area contributed by atoms with E-state index in [0.29, 0.717) is 18.3 Å². The maximum absolute atomic E-state index is 13.3. The van der Waals surface area contributed by atoms with E-state index in [0.717, 1.165) is 51.6 Å². The van der Waals surface area contributed by atoms with Gasteiger partial charge >= 0.3 is 0 Å². The third-order valence-electron chi connectivity index (χ3n) is 4.52. The van der Waals surface area contributed by atoms with Crippen molar-refractivity contribution in [3.63, 3.8) is 0 Å². The number of ether oxygens (including phenoxy) is 2. The first kappa shape index (κ1) is 24.9. The highest BCUT2D eigenvalue weighted by Crippen LogP contribution is 2.14. The zero-order valence-electron chi connectivity index (χ0n) is 17.1. The number of nitrogens with zero attached hydrogens (tertiary/aromatic N) is 2. The molecule has 0 amide bonds. The van der Waals surface area contributed by atoms with Crippen molar-refractivity contribution in [2.45, 2.75) is 38.8 Å². The zero-order chi connectivity index (χ0) is 19.5. The van der Waals surface area contributed by atoms with Crippen LogP contribution in [-0.2, 0) is 4.74 Å². The molecule has 1 aliphatic heterocycles. The molecule has 1 unspecified atom stereocenters. The Morgan fingerprint density at radius 1 is 1.36 bits per heavy atom. The molecule has 1 aromatic carbocycles. The summed E-state index contributed by atoms with van der Waals surface area (Å²) in [6.45, 7) is 9.20. The van der Waals surface area contributed by atoms with Crippen LogP contribution < -0.4 is 15.4 Å². The SMILES string of the molecule is CCNC(=NCC(C)Oc1cccc(F)c1)NC1CCN(CCOC)CC1.I. The first-order valence-electron chi connectivity index (χ1n) is 9.79. The molecule has 1 atom stereocenters. The normalized spacial score (nSPS) is 16.9. The minimum Gasteiger partial charge on any atom is -0.489 e. The molecule has 0 radical (unpaired) electrons. The molecule has 0 aromatic heterocycles. The molecule has 8 heteroatoms. The minimum atomic E-state index is -0.296. The summed E-state index contributed by atoms with van der Waals surface area (Å²) in [6, 6.07) is 6.61. The molecule has 1 aliphatic rings. The van der Waals surface area contributed by atoms with Crippen molar-refractivity contribution in [3.05, 3.63) is 30.1 Å². The Balaban J connectivity index is 0.00000392. The highest BCUT2D eigenvalue weighted by molar-refractivity contribution is 14.0. The van der Waals surface area contributed by atoms with Gasteiger partial charge in [0.2, 0.25) is 0 Å². The van der Waals surface area contributed by atoms with Gasteiger partial charge in [0.15, 0.2) is 5.96 Å². The second-order valence-corrected chi connectivity index (χ2v) is 6.86. The molecule has 6 nitrogen and oxygen atoms in total. The summed E-state index contributed by atoms with van der Waals surface area (Å²) in [5.41, 5.74) is 0. The van der Waals surface area contributed by atoms with E-state index in [1.54, 1.807) is 19.2 Å². The molecule has 0 saturated carbocycles. The lowest BCUT2D eigenvalue weighted by molar-refractivity contribution is 0.128. The van der Waals surface area contributed by atoms with Gasteiger partial charge in [0.25, 0.3) is 0 Å². The van der Waals surface area contributed by atoms with E-state index in [1.807, 2.05) is 6.92 Å². The molecule has 2 rings (SSSR count). The first-order valence-corrected chi connectivity index (χ1v) is 9.79. The highest BCUT2D eigenvalue weighted by atomic mass is 127. The van der Waals surface area contributed by atoms with Crippen LogP contribution in [0.25, 0.3) is 0 Å². The van der Waals surface area contributed by atoms with E-state index < -0.39 is 0 Å². The van der Waals surface area contributed by atoms with Gasteiger partial charge in [-0.2, -0.15) is 0 Å². The molecule has 1 saturated heterocycles. The van der Waals surface area contributed by atoms with E-state index in [9.17, 15) is 4.39 Å². The van der Waals surface area contributed by atoms with E-state index in [-0.39, 0.29) is 35.9 Å². The fraction of sp³-hybridized carbons (Fsp3) is 0.650. The van der Waals surface area contributed by atoms with E-state index >= 15 is 0 Å². The predicted molar refractivity (Wildman–Crippen MR) is 122 cm³/mol. The number of piperidine rings is 1. The predicted octanol–water partition coefficient (Wildman–Crippen LogP) is 2.88. The van der Waals surface area contributed by atoms with Crippen molar-refractivity contribution in [2.24, 2.45) is 4.99 Å². The Morgan fingerprint density at radius 3 is 2.75 bits per heavy atom. The number of rotatable bonds is 9. The molecule has 1 heterocycles. The number of hydrogen-bond donors (Lipinski definition) is 2. The fourth-order valence-electron chi connectivity index (χ4n) is 3.06. The quantitative estimate of drug-likeness (QED) is 0.305. The van der Waals surface area contributed by atoms with Crippen molar-refractivity contribution in [3.8, 4) is 5.75 Å². The van der Waals surface area contributed by atoms with E-state index in [4.69, 9.17) is 9.47 Å². The molecule has 160 valence electrons. The van der Waals surface area contributed by atoms with Gasteiger partial charge < -0.3 is 25.0 Å². The van der Waals surface area contributed by atoms with Crippen LogP contribution in [-0.4, -0.2) is 69.4 Å². The van der Waals surface area contributed by atoms with Crippen LogP contribution in [0, 0.1) is 5.82 Å². The van der Waals surface area contributed by atoms with Crippen LogP contribution in [0.1, 0.15) is 26.7 Å². The van der Waals surface area contributed by atoms with Crippen LogP contribution in [0.3, 0.4) is 0 Å². The number of nitrogens with one attached hydrogen (secondary N) is 2. The number of halogens is 2. The van der Waals surface area contributed by atoms with Crippen molar-refractivity contribution >= 4 is 29.9 Å². The molecule has 28 heavy (non-hydrogen) atoms. The lowest BCUT2D eigenvalue weighted by atomic mass is 10.1.